The van der Waals surface area contributed by atoms with Crippen LogP contribution in [0, 0.1) is 5.92 Å². The van der Waals surface area contributed by atoms with Gasteiger partial charge < -0.3 is 14.8 Å². The highest BCUT2D eigenvalue weighted by atomic mass is 32.2. The van der Waals surface area contributed by atoms with Crippen molar-refractivity contribution in [2.75, 3.05) is 33.1 Å². The molecule has 0 aliphatic carbocycles. The number of fused-ring (bicyclic) bond motifs is 1. The number of amides is 1. The molecule has 0 radical (unpaired) electrons. The zero-order valence-electron chi connectivity index (χ0n) is 14.5. The molecule has 25 heavy (non-hydrogen) atoms. The molecule has 7 nitrogen and oxygen atoms in total. The van der Waals surface area contributed by atoms with E-state index in [1.165, 1.54) is 10.6 Å². The molecule has 1 amide bonds. The van der Waals surface area contributed by atoms with Crippen molar-refractivity contribution < 1.29 is 22.7 Å². The van der Waals surface area contributed by atoms with Gasteiger partial charge in [0.15, 0.2) is 0 Å². The minimum absolute atomic E-state index is 0.0164. The highest BCUT2D eigenvalue weighted by Gasteiger charge is 2.30. The molecule has 2 aliphatic rings. The molecule has 1 atom stereocenters. The van der Waals surface area contributed by atoms with E-state index < -0.39 is 10.0 Å². The maximum Gasteiger partial charge on any atom is 0.227 e. The molecule has 1 aromatic carbocycles. The molecule has 1 fully saturated rings. The molecule has 0 bridgehead atoms. The van der Waals surface area contributed by atoms with Gasteiger partial charge in [-0.1, -0.05) is 6.07 Å². The summed E-state index contributed by atoms with van der Waals surface area (Å²) in [4.78, 5) is 12.5. The molecule has 1 saturated heterocycles. The molecule has 1 N–H and O–H groups in total. The van der Waals surface area contributed by atoms with Crippen LogP contribution in [0.5, 0.6) is 11.5 Å². The standard InChI is InChI=1S/C17H24N2O5S/c1-23-15-4-3-12-9-13(11-24-16(12)10-15)17(20)18-14-5-7-19(8-6-14)25(2,21)22/h3-4,10,13-14H,5-9,11H2,1-2H3,(H,18,20). The van der Waals surface area contributed by atoms with Crippen molar-refractivity contribution in [3.05, 3.63) is 23.8 Å². The number of methoxy groups -OCH3 is 1. The SMILES string of the molecule is COc1ccc2c(c1)OCC(C(=O)NC1CCN(S(C)(=O)=O)CC1)C2. The van der Waals surface area contributed by atoms with E-state index in [-0.39, 0.29) is 17.9 Å². The molecule has 3 rings (SSSR count). The fourth-order valence-electron chi connectivity index (χ4n) is 3.30. The number of carbonyl (C=O) groups is 1. The number of hydrogen-bond donors (Lipinski definition) is 1. The van der Waals surface area contributed by atoms with Crippen LogP contribution in [0.3, 0.4) is 0 Å². The zero-order valence-corrected chi connectivity index (χ0v) is 15.3. The van der Waals surface area contributed by atoms with Gasteiger partial charge in [-0.3, -0.25) is 4.79 Å². The van der Waals surface area contributed by atoms with Crippen molar-refractivity contribution in [1.82, 2.24) is 9.62 Å². The lowest BCUT2D eigenvalue weighted by atomic mass is 9.95. The summed E-state index contributed by atoms with van der Waals surface area (Å²) in [5.41, 5.74) is 0.999. The van der Waals surface area contributed by atoms with Gasteiger partial charge >= 0.3 is 0 Å². The fourth-order valence-corrected chi connectivity index (χ4v) is 4.17. The van der Waals surface area contributed by atoms with E-state index in [0.717, 1.165) is 17.1 Å². The third-order valence-corrected chi connectivity index (χ3v) is 6.12. The van der Waals surface area contributed by atoms with Crippen molar-refractivity contribution in [3.8, 4) is 11.5 Å². The van der Waals surface area contributed by atoms with Crippen LogP contribution < -0.4 is 14.8 Å². The first-order chi connectivity index (χ1) is 11.9. The van der Waals surface area contributed by atoms with Gasteiger partial charge in [0, 0.05) is 25.2 Å². The second-order valence-electron chi connectivity index (χ2n) is 6.63. The maximum absolute atomic E-state index is 12.5. The summed E-state index contributed by atoms with van der Waals surface area (Å²) in [5, 5.41) is 3.05. The van der Waals surface area contributed by atoms with Crippen LogP contribution in [0.25, 0.3) is 0 Å². The van der Waals surface area contributed by atoms with Crippen LogP contribution in [-0.4, -0.2) is 57.7 Å². The maximum atomic E-state index is 12.5. The largest absolute Gasteiger partial charge is 0.497 e. The molecule has 0 spiro atoms. The lowest BCUT2D eigenvalue weighted by Crippen LogP contribution is -2.48. The monoisotopic (exact) mass is 368 g/mol. The third kappa shape index (κ3) is 4.24. The Balaban J connectivity index is 1.54. The number of benzene rings is 1. The van der Waals surface area contributed by atoms with Crippen LogP contribution in [0.15, 0.2) is 18.2 Å². The van der Waals surface area contributed by atoms with Crippen molar-refractivity contribution >= 4 is 15.9 Å². The smallest absolute Gasteiger partial charge is 0.227 e. The zero-order chi connectivity index (χ0) is 18.0. The van der Waals surface area contributed by atoms with Crippen molar-refractivity contribution in [3.63, 3.8) is 0 Å². The molecule has 0 saturated carbocycles. The van der Waals surface area contributed by atoms with E-state index in [2.05, 4.69) is 5.32 Å². The van der Waals surface area contributed by atoms with E-state index in [9.17, 15) is 13.2 Å². The van der Waals surface area contributed by atoms with E-state index in [0.29, 0.717) is 39.0 Å². The number of nitrogens with one attached hydrogen (secondary N) is 1. The Hall–Kier alpha value is -1.80. The Morgan fingerprint density at radius 2 is 2.04 bits per heavy atom. The molecule has 0 aromatic heterocycles. The summed E-state index contributed by atoms with van der Waals surface area (Å²) in [6.07, 6.45) is 3.13. The predicted molar refractivity (Wildman–Crippen MR) is 93.3 cm³/mol. The van der Waals surface area contributed by atoms with Crippen molar-refractivity contribution in [2.24, 2.45) is 5.92 Å². The first-order valence-electron chi connectivity index (χ1n) is 8.42. The first kappa shape index (κ1) is 18.0. The summed E-state index contributed by atoms with van der Waals surface area (Å²) < 4.78 is 35.4. The molecule has 138 valence electrons. The molecular formula is C17H24N2O5S. The van der Waals surface area contributed by atoms with Gasteiger partial charge in [-0.25, -0.2) is 12.7 Å². The van der Waals surface area contributed by atoms with Gasteiger partial charge in [0.25, 0.3) is 0 Å². The Kier molecular flexibility index (Phi) is 5.19. The number of ether oxygens (including phenoxy) is 2. The Morgan fingerprint density at radius 1 is 1.32 bits per heavy atom. The quantitative estimate of drug-likeness (QED) is 0.849. The fraction of sp³-hybridized carbons (Fsp3) is 0.588. The van der Waals surface area contributed by atoms with Crippen LogP contribution in [0.2, 0.25) is 0 Å². The summed E-state index contributed by atoms with van der Waals surface area (Å²) in [6.45, 7) is 1.25. The average Bonchev–Trinajstić information content (AvgIpc) is 2.60. The van der Waals surface area contributed by atoms with Crippen LogP contribution in [-0.2, 0) is 21.2 Å². The van der Waals surface area contributed by atoms with Gasteiger partial charge in [-0.15, -0.1) is 0 Å². The molecular weight excluding hydrogens is 344 g/mol. The van der Waals surface area contributed by atoms with Crippen LogP contribution in [0.4, 0.5) is 0 Å². The number of hydrogen-bond acceptors (Lipinski definition) is 5. The summed E-state index contributed by atoms with van der Waals surface area (Å²) in [6, 6.07) is 5.65. The molecule has 2 heterocycles. The molecule has 1 unspecified atom stereocenters. The second kappa shape index (κ2) is 7.21. The van der Waals surface area contributed by atoms with Crippen LogP contribution >= 0.6 is 0 Å². The van der Waals surface area contributed by atoms with Gasteiger partial charge in [-0.05, 0) is 30.9 Å². The highest BCUT2D eigenvalue weighted by Crippen LogP contribution is 2.31. The third-order valence-electron chi connectivity index (χ3n) is 4.82. The van der Waals surface area contributed by atoms with Gasteiger partial charge in [0.05, 0.1) is 19.3 Å². The van der Waals surface area contributed by atoms with Gasteiger partial charge in [0.1, 0.15) is 18.1 Å². The average molecular weight is 368 g/mol. The predicted octanol–water partition coefficient (Wildman–Crippen LogP) is 0.786. The van der Waals surface area contributed by atoms with Gasteiger partial charge in [-0.2, -0.15) is 0 Å². The number of carbonyl (C=O) groups excluding carboxylic acids is 1. The summed E-state index contributed by atoms with van der Waals surface area (Å²) in [5.74, 6) is 1.25. The minimum Gasteiger partial charge on any atom is -0.497 e. The number of nitrogens with zero attached hydrogens (tertiary/aromatic N) is 1. The summed E-state index contributed by atoms with van der Waals surface area (Å²) >= 11 is 0. The van der Waals surface area contributed by atoms with E-state index in [1.54, 1.807) is 7.11 Å². The summed E-state index contributed by atoms with van der Waals surface area (Å²) in [7, 11) is -1.54. The highest BCUT2D eigenvalue weighted by molar-refractivity contribution is 7.88. The Bertz CT molecular complexity index is 741. The van der Waals surface area contributed by atoms with E-state index in [4.69, 9.17) is 9.47 Å². The number of sulfonamides is 1. The lowest BCUT2D eigenvalue weighted by molar-refractivity contribution is -0.127. The molecule has 8 heteroatoms. The minimum atomic E-state index is -3.15. The Morgan fingerprint density at radius 3 is 2.68 bits per heavy atom. The van der Waals surface area contributed by atoms with E-state index >= 15 is 0 Å². The lowest BCUT2D eigenvalue weighted by Gasteiger charge is -2.32. The molecule has 1 aromatic rings. The topological polar surface area (TPSA) is 84.9 Å². The normalized spacial score (nSPS) is 21.9. The number of rotatable bonds is 4. The van der Waals surface area contributed by atoms with Crippen LogP contribution in [0.1, 0.15) is 18.4 Å². The van der Waals surface area contributed by atoms with Crippen molar-refractivity contribution in [1.29, 1.82) is 0 Å². The molecule has 2 aliphatic heterocycles. The number of piperidine rings is 1. The van der Waals surface area contributed by atoms with E-state index in [1.807, 2.05) is 18.2 Å². The Labute approximate surface area is 148 Å². The van der Waals surface area contributed by atoms with Gasteiger partial charge in [0.2, 0.25) is 15.9 Å². The first-order valence-corrected chi connectivity index (χ1v) is 10.3. The second-order valence-corrected chi connectivity index (χ2v) is 8.61. The van der Waals surface area contributed by atoms with Crippen molar-refractivity contribution in [2.45, 2.75) is 25.3 Å².